The van der Waals surface area contributed by atoms with Crippen LogP contribution in [0, 0.1) is 5.21 Å². The second-order valence-corrected chi connectivity index (χ2v) is 6.78. The summed E-state index contributed by atoms with van der Waals surface area (Å²) in [6.07, 6.45) is 6.08. The van der Waals surface area contributed by atoms with Crippen LogP contribution in [0.25, 0.3) is 0 Å². The van der Waals surface area contributed by atoms with Gasteiger partial charge < -0.3 is 24.2 Å². The Labute approximate surface area is 144 Å². The van der Waals surface area contributed by atoms with Crippen molar-refractivity contribution < 1.29 is 23.7 Å². The average molecular weight is 342 g/mol. The lowest BCUT2D eigenvalue weighted by atomic mass is 10.3. The zero-order valence-corrected chi connectivity index (χ0v) is 14.5. The first-order valence-electron chi connectivity index (χ1n) is 9.23. The minimum absolute atomic E-state index is 0.0794. The molecule has 0 unspecified atom stereocenters. The highest BCUT2D eigenvalue weighted by Crippen LogP contribution is 2.18. The molecule has 0 aromatic heterocycles. The van der Waals surface area contributed by atoms with Gasteiger partial charge in [0.05, 0.1) is 32.8 Å². The Bertz CT molecular complexity index is 410. The Kier molecular flexibility index (Phi) is 7.78. The quantitative estimate of drug-likeness (QED) is 0.264. The molecule has 24 heavy (non-hydrogen) atoms. The SMILES string of the molecule is O=C(OCCCCN1CCCC1=O)OCCCC[N+]1([O-])CCCC1. The van der Waals surface area contributed by atoms with Crippen molar-refractivity contribution in [3.05, 3.63) is 5.21 Å². The van der Waals surface area contributed by atoms with Gasteiger partial charge in [-0.15, -0.1) is 0 Å². The largest absolute Gasteiger partial charge is 0.633 e. The molecule has 2 aliphatic rings. The fourth-order valence-electron chi connectivity index (χ4n) is 3.34. The van der Waals surface area contributed by atoms with E-state index in [4.69, 9.17) is 9.47 Å². The molecule has 0 radical (unpaired) electrons. The number of likely N-dealkylation sites (tertiary alicyclic amines) is 2. The summed E-state index contributed by atoms with van der Waals surface area (Å²) in [6.45, 7) is 4.30. The number of carbonyl (C=O) groups excluding carboxylic acids is 2. The molecule has 138 valence electrons. The number of amides is 1. The first-order valence-corrected chi connectivity index (χ1v) is 9.23. The molecule has 2 rings (SSSR count). The molecular formula is C17H30N2O5. The van der Waals surface area contributed by atoms with Crippen LogP contribution >= 0.6 is 0 Å². The van der Waals surface area contributed by atoms with E-state index in [1.807, 2.05) is 4.90 Å². The van der Waals surface area contributed by atoms with E-state index >= 15 is 0 Å². The lowest BCUT2D eigenvalue weighted by Gasteiger charge is -2.38. The van der Waals surface area contributed by atoms with Gasteiger partial charge in [0.1, 0.15) is 0 Å². The third-order valence-corrected chi connectivity index (χ3v) is 4.77. The molecule has 0 saturated carbocycles. The summed E-state index contributed by atoms with van der Waals surface area (Å²) in [5.41, 5.74) is 0. The fourth-order valence-corrected chi connectivity index (χ4v) is 3.34. The van der Waals surface area contributed by atoms with Crippen LogP contribution in [-0.2, 0) is 14.3 Å². The molecule has 0 aromatic rings. The van der Waals surface area contributed by atoms with Crippen LogP contribution in [0.5, 0.6) is 0 Å². The Morgan fingerprint density at radius 1 is 1.04 bits per heavy atom. The van der Waals surface area contributed by atoms with Gasteiger partial charge in [0.25, 0.3) is 0 Å². The summed E-state index contributed by atoms with van der Waals surface area (Å²) in [5.74, 6) is 0.228. The molecule has 0 aliphatic carbocycles. The maximum absolute atomic E-state index is 12.1. The van der Waals surface area contributed by atoms with E-state index in [-0.39, 0.29) is 10.6 Å². The van der Waals surface area contributed by atoms with Crippen molar-refractivity contribution in [1.29, 1.82) is 0 Å². The van der Waals surface area contributed by atoms with Gasteiger partial charge in [-0.25, -0.2) is 4.79 Å². The molecule has 0 aromatic carbocycles. The number of hydrogen-bond donors (Lipinski definition) is 0. The van der Waals surface area contributed by atoms with Crippen molar-refractivity contribution in [2.75, 3.05) is 45.9 Å². The highest BCUT2D eigenvalue weighted by atomic mass is 16.7. The monoisotopic (exact) mass is 342 g/mol. The van der Waals surface area contributed by atoms with Crippen molar-refractivity contribution in [2.45, 2.75) is 51.4 Å². The molecule has 2 aliphatic heterocycles. The Morgan fingerprint density at radius 2 is 1.71 bits per heavy atom. The summed E-state index contributed by atoms with van der Waals surface area (Å²) in [5, 5.41) is 12.1. The summed E-state index contributed by atoms with van der Waals surface area (Å²) in [4.78, 5) is 24.7. The molecule has 7 nitrogen and oxygen atoms in total. The zero-order valence-electron chi connectivity index (χ0n) is 14.5. The predicted molar refractivity (Wildman–Crippen MR) is 89.0 cm³/mol. The highest BCUT2D eigenvalue weighted by molar-refractivity contribution is 5.77. The predicted octanol–water partition coefficient (Wildman–Crippen LogP) is 2.43. The summed E-state index contributed by atoms with van der Waals surface area (Å²) in [7, 11) is 0. The van der Waals surface area contributed by atoms with Crippen LogP contribution in [0.3, 0.4) is 0 Å². The van der Waals surface area contributed by atoms with E-state index in [9.17, 15) is 14.8 Å². The van der Waals surface area contributed by atoms with E-state index in [1.54, 1.807) is 0 Å². The van der Waals surface area contributed by atoms with Crippen LogP contribution < -0.4 is 0 Å². The van der Waals surface area contributed by atoms with Crippen molar-refractivity contribution in [2.24, 2.45) is 0 Å². The molecule has 0 spiro atoms. The number of ether oxygens (including phenoxy) is 2. The molecule has 0 N–H and O–H groups in total. The maximum Gasteiger partial charge on any atom is 0.508 e. The average Bonchev–Trinajstić information content (AvgIpc) is 3.16. The van der Waals surface area contributed by atoms with Crippen LogP contribution in [-0.4, -0.2) is 67.5 Å². The number of nitrogens with zero attached hydrogens (tertiary/aromatic N) is 2. The van der Waals surface area contributed by atoms with E-state index in [2.05, 4.69) is 0 Å². The second kappa shape index (κ2) is 9.84. The van der Waals surface area contributed by atoms with Crippen molar-refractivity contribution in [3.63, 3.8) is 0 Å². The maximum atomic E-state index is 12.1. The van der Waals surface area contributed by atoms with Gasteiger partial charge in [0.2, 0.25) is 5.91 Å². The fraction of sp³-hybridized carbons (Fsp3) is 0.882. The van der Waals surface area contributed by atoms with Gasteiger partial charge in [-0.2, -0.15) is 0 Å². The Hall–Kier alpha value is -1.34. The van der Waals surface area contributed by atoms with Crippen LogP contribution in [0.15, 0.2) is 0 Å². The van der Waals surface area contributed by atoms with Gasteiger partial charge >= 0.3 is 6.16 Å². The molecular weight excluding hydrogens is 312 g/mol. The zero-order chi connectivity index (χ0) is 17.3. The molecule has 0 bridgehead atoms. The van der Waals surface area contributed by atoms with Crippen LogP contribution in [0.1, 0.15) is 51.4 Å². The summed E-state index contributed by atoms with van der Waals surface area (Å²) < 4.78 is 9.93. The number of carbonyl (C=O) groups is 2. The molecule has 2 fully saturated rings. The number of hydroxylamine groups is 3. The molecule has 0 atom stereocenters. The minimum Gasteiger partial charge on any atom is -0.633 e. The standard InChI is InChI=1S/C17H30N2O5/c20-16-8-7-10-18(16)9-1-5-14-23-17(21)24-15-6-4-13-19(22)11-2-3-12-19/h1-15H2. The van der Waals surface area contributed by atoms with E-state index in [0.717, 1.165) is 64.7 Å². The van der Waals surface area contributed by atoms with Gasteiger partial charge in [0.15, 0.2) is 0 Å². The van der Waals surface area contributed by atoms with Gasteiger partial charge in [-0.1, -0.05) is 0 Å². The van der Waals surface area contributed by atoms with Gasteiger partial charge in [-0.3, -0.25) is 4.79 Å². The first-order chi connectivity index (χ1) is 11.6. The third kappa shape index (κ3) is 6.65. The number of rotatable bonds is 10. The minimum atomic E-state index is -0.639. The van der Waals surface area contributed by atoms with Gasteiger partial charge in [-0.05, 0) is 25.7 Å². The van der Waals surface area contributed by atoms with Gasteiger partial charge in [0, 0.05) is 38.8 Å². The van der Waals surface area contributed by atoms with Crippen LogP contribution in [0.4, 0.5) is 4.79 Å². The molecule has 2 saturated heterocycles. The normalized spacial score (nSPS) is 19.7. The van der Waals surface area contributed by atoms with Crippen LogP contribution in [0.2, 0.25) is 0 Å². The molecule has 7 heteroatoms. The van der Waals surface area contributed by atoms with E-state index in [1.165, 1.54) is 0 Å². The number of unbranched alkanes of at least 4 members (excludes halogenated alkanes) is 2. The van der Waals surface area contributed by atoms with Crippen molar-refractivity contribution >= 4 is 12.1 Å². The summed E-state index contributed by atoms with van der Waals surface area (Å²) >= 11 is 0. The number of hydrogen-bond acceptors (Lipinski definition) is 5. The third-order valence-electron chi connectivity index (χ3n) is 4.77. The topological polar surface area (TPSA) is 78.9 Å². The lowest BCUT2D eigenvalue weighted by molar-refractivity contribution is -0.868. The second-order valence-electron chi connectivity index (χ2n) is 6.78. The smallest absolute Gasteiger partial charge is 0.508 e. The van der Waals surface area contributed by atoms with Crippen molar-refractivity contribution in [3.8, 4) is 0 Å². The molecule has 2 heterocycles. The number of quaternary nitrogens is 1. The molecule has 1 amide bonds. The van der Waals surface area contributed by atoms with E-state index in [0.29, 0.717) is 32.6 Å². The lowest BCUT2D eigenvalue weighted by Crippen LogP contribution is -2.39. The Morgan fingerprint density at radius 3 is 2.33 bits per heavy atom. The first kappa shape index (κ1) is 19.0. The van der Waals surface area contributed by atoms with Crippen molar-refractivity contribution in [1.82, 2.24) is 4.90 Å². The van der Waals surface area contributed by atoms with E-state index < -0.39 is 6.16 Å². The Balaban J connectivity index is 1.39. The highest BCUT2D eigenvalue weighted by Gasteiger charge is 2.22. The summed E-state index contributed by atoms with van der Waals surface area (Å²) in [6, 6.07) is 0.